The first-order chi connectivity index (χ1) is 16.9. The van der Waals surface area contributed by atoms with Gasteiger partial charge in [0.25, 0.3) is 15.9 Å². The number of thiophene rings is 1. The van der Waals surface area contributed by atoms with Crippen molar-refractivity contribution in [2.45, 2.75) is 17.2 Å². The Morgan fingerprint density at radius 3 is 2.17 bits per heavy atom. The van der Waals surface area contributed by atoms with Gasteiger partial charge in [0.15, 0.2) is 0 Å². The third-order valence-corrected chi connectivity index (χ3v) is 9.59. The van der Waals surface area contributed by atoms with E-state index in [9.17, 15) is 13.2 Å². The van der Waals surface area contributed by atoms with Gasteiger partial charge >= 0.3 is 0 Å². The van der Waals surface area contributed by atoms with E-state index in [-0.39, 0.29) is 22.7 Å². The van der Waals surface area contributed by atoms with Crippen LogP contribution < -0.4 is 0 Å². The summed E-state index contributed by atoms with van der Waals surface area (Å²) >= 11 is 1.18. The number of hydrogen-bond acceptors (Lipinski definition) is 6. The molecule has 2 aromatic heterocycles. The lowest BCUT2D eigenvalue weighted by Crippen LogP contribution is -2.55. The van der Waals surface area contributed by atoms with E-state index in [0.29, 0.717) is 24.3 Å². The van der Waals surface area contributed by atoms with Gasteiger partial charge in [-0.15, -0.1) is 21.5 Å². The molecule has 0 N–H and O–H groups in total. The van der Waals surface area contributed by atoms with Crippen molar-refractivity contribution in [3.8, 4) is 21.8 Å². The fourth-order valence-electron chi connectivity index (χ4n) is 4.18. The van der Waals surface area contributed by atoms with Crippen LogP contribution in [-0.2, 0) is 10.0 Å². The average molecular weight is 505 g/mol. The predicted octanol–water partition coefficient (Wildman–Crippen LogP) is 4.41. The molecule has 0 saturated carbocycles. The molecule has 1 fully saturated rings. The average Bonchev–Trinajstić information content (AvgIpc) is 3.41. The van der Waals surface area contributed by atoms with Crippen LogP contribution >= 0.6 is 11.3 Å². The van der Waals surface area contributed by atoms with Crippen molar-refractivity contribution in [1.29, 1.82) is 0 Å². The van der Waals surface area contributed by atoms with Crippen molar-refractivity contribution in [3.63, 3.8) is 0 Å². The second-order valence-corrected chi connectivity index (χ2v) is 11.6. The first-order valence-electron chi connectivity index (χ1n) is 11.3. The van der Waals surface area contributed by atoms with E-state index in [0.717, 1.165) is 16.1 Å². The van der Waals surface area contributed by atoms with Crippen molar-refractivity contribution < 1.29 is 13.2 Å². The molecule has 1 saturated heterocycles. The Morgan fingerprint density at radius 1 is 0.857 bits per heavy atom. The van der Waals surface area contributed by atoms with Crippen molar-refractivity contribution in [2.24, 2.45) is 0 Å². The lowest BCUT2D eigenvalue weighted by molar-refractivity contribution is 0.0642. The molecule has 0 aliphatic carbocycles. The number of amides is 1. The molecule has 5 rings (SSSR count). The van der Waals surface area contributed by atoms with E-state index in [4.69, 9.17) is 0 Å². The number of sulfonamides is 1. The zero-order chi connectivity index (χ0) is 24.4. The van der Waals surface area contributed by atoms with Crippen LogP contribution in [0, 0.1) is 0 Å². The highest BCUT2D eigenvalue weighted by Gasteiger charge is 2.36. The minimum atomic E-state index is -3.70. The van der Waals surface area contributed by atoms with Gasteiger partial charge in [-0.3, -0.25) is 4.79 Å². The maximum atomic E-state index is 13.4. The van der Waals surface area contributed by atoms with Gasteiger partial charge in [0.2, 0.25) is 0 Å². The maximum Gasteiger partial charge on any atom is 0.253 e. The number of rotatable bonds is 5. The molecule has 4 aromatic rings. The molecule has 1 aliphatic heterocycles. The number of carbonyl (C=O) groups excluding carboxylic acids is 1. The molecule has 0 bridgehead atoms. The molecular formula is C26H24N4O3S2. The Bertz CT molecular complexity index is 1420. The Balaban J connectivity index is 1.30. The van der Waals surface area contributed by atoms with E-state index in [1.165, 1.54) is 15.6 Å². The van der Waals surface area contributed by atoms with Crippen molar-refractivity contribution in [2.75, 3.05) is 19.6 Å². The molecule has 1 aliphatic rings. The number of nitrogens with zero attached hydrogens (tertiary/aromatic N) is 4. The zero-order valence-corrected chi connectivity index (χ0v) is 20.7. The second kappa shape index (κ2) is 9.69. The summed E-state index contributed by atoms with van der Waals surface area (Å²) in [6.07, 6.45) is 0. The largest absolute Gasteiger partial charge is 0.336 e. The summed E-state index contributed by atoms with van der Waals surface area (Å²) in [5.41, 5.74) is 2.97. The monoisotopic (exact) mass is 504 g/mol. The van der Waals surface area contributed by atoms with E-state index in [1.807, 2.05) is 67.6 Å². The van der Waals surface area contributed by atoms with Crippen molar-refractivity contribution >= 4 is 27.3 Å². The van der Waals surface area contributed by atoms with Gasteiger partial charge in [0.1, 0.15) is 9.90 Å². The maximum absolute atomic E-state index is 13.4. The number of benzene rings is 2. The van der Waals surface area contributed by atoms with Gasteiger partial charge < -0.3 is 4.90 Å². The van der Waals surface area contributed by atoms with E-state index < -0.39 is 10.0 Å². The highest BCUT2D eigenvalue weighted by molar-refractivity contribution is 7.91. The fraction of sp³-hybridized carbons (Fsp3) is 0.192. The summed E-state index contributed by atoms with van der Waals surface area (Å²) in [7, 11) is -3.70. The number of carbonyl (C=O) groups is 1. The van der Waals surface area contributed by atoms with Gasteiger partial charge in [0, 0.05) is 36.8 Å². The topological polar surface area (TPSA) is 83.5 Å². The Labute approximate surface area is 208 Å². The van der Waals surface area contributed by atoms with Crippen LogP contribution in [0.2, 0.25) is 0 Å². The van der Waals surface area contributed by atoms with Crippen LogP contribution in [0.5, 0.6) is 0 Å². The van der Waals surface area contributed by atoms with Gasteiger partial charge in [-0.05, 0) is 43.3 Å². The summed E-state index contributed by atoms with van der Waals surface area (Å²) in [5.74, 6) is -0.0783. The third-order valence-electron chi connectivity index (χ3n) is 6.01. The van der Waals surface area contributed by atoms with Crippen LogP contribution in [0.3, 0.4) is 0 Å². The molecule has 9 heteroatoms. The van der Waals surface area contributed by atoms with Gasteiger partial charge in [-0.25, -0.2) is 8.42 Å². The van der Waals surface area contributed by atoms with E-state index in [1.54, 1.807) is 29.2 Å². The fourth-order valence-corrected chi connectivity index (χ4v) is 7.20. The second-order valence-electron chi connectivity index (χ2n) is 8.37. The molecule has 1 atom stereocenters. The number of piperazine rings is 1. The predicted molar refractivity (Wildman–Crippen MR) is 136 cm³/mol. The lowest BCUT2D eigenvalue weighted by atomic mass is 10.1. The minimum Gasteiger partial charge on any atom is -0.336 e. The van der Waals surface area contributed by atoms with Crippen LogP contribution in [0.4, 0.5) is 0 Å². The Kier molecular flexibility index (Phi) is 6.46. The molecule has 0 spiro atoms. The van der Waals surface area contributed by atoms with Gasteiger partial charge in [0.05, 0.1) is 10.6 Å². The molecule has 178 valence electrons. The first-order valence-corrected chi connectivity index (χ1v) is 13.5. The Hall–Kier alpha value is -3.40. The molecule has 35 heavy (non-hydrogen) atoms. The van der Waals surface area contributed by atoms with Crippen LogP contribution in [-0.4, -0.2) is 59.4 Å². The smallest absolute Gasteiger partial charge is 0.253 e. The molecule has 3 heterocycles. The zero-order valence-electron chi connectivity index (χ0n) is 19.1. The molecule has 1 unspecified atom stereocenters. The summed E-state index contributed by atoms with van der Waals surface area (Å²) < 4.78 is 28.6. The molecule has 7 nitrogen and oxygen atoms in total. The highest BCUT2D eigenvalue weighted by atomic mass is 32.2. The minimum absolute atomic E-state index is 0.0783. The molecule has 1 amide bonds. The standard InChI is InChI=1S/C26H24N4O3S2/c1-19-18-29(26(31)21-10-6-3-7-11-21)16-17-30(19)35(32,33)25-15-14-24(34-25)23-13-12-22(27-28-23)20-8-4-2-5-9-20/h2-15,19H,16-18H2,1H3. The van der Waals surface area contributed by atoms with Gasteiger partial charge in [-0.1, -0.05) is 48.5 Å². The summed E-state index contributed by atoms with van der Waals surface area (Å²) in [5, 5.41) is 8.62. The van der Waals surface area contributed by atoms with Gasteiger partial charge in [-0.2, -0.15) is 4.31 Å². The summed E-state index contributed by atoms with van der Waals surface area (Å²) in [4.78, 5) is 15.2. The van der Waals surface area contributed by atoms with Crippen LogP contribution in [0.1, 0.15) is 17.3 Å². The quantitative estimate of drug-likeness (QED) is 0.402. The van der Waals surface area contributed by atoms with E-state index >= 15 is 0 Å². The van der Waals surface area contributed by atoms with Crippen molar-refractivity contribution in [3.05, 3.63) is 90.5 Å². The third kappa shape index (κ3) is 4.75. The summed E-state index contributed by atoms with van der Waals surface area (Å²) in [6, 6.07) is 25.6. The molecule has 2 aromatic carbocycles. The van der Waals surface area contributed by atoms with E-state index in [2.05, 4.69) is 10.2 Å². The number of hydrogen-bond donors (Lipinski definition) is 0. The van der Waals surface area contributed by atoms with Crippen molar-refractivity contribution in [1.82, 2.24) is 19.4 Å². The highest BCUT2D eigenvalue weighted by Crippen LogP contribution is 2.33. The Morgan fingerprint density at radius 2 is 1.51 bits per heavy atom. The number of aromatic nitrogens is 2. The normalized spacial score (nSPS) is 16.8. The SMILES string of the molecule is CC1CN(C(=O)c2ccccc2)CCN1S(=O)(=O)c1ccc(-c2ccc(-c3ccccc3)nn2)s1. The molecular weight excluding hydrogens is 480 g/mol. The first kappa shape index (κ1) is 23.3. The van der Waals surface area contributed by atoms with Crippen LogP contribution in [0.15, 0.2) is 89.1 Å². The van der Waals surface area contributed by atoms with Crippen LogP contribution in [0.25, 0.3) is 21.8 Å². The molecule has 0 radical (unpaired) electrons. The summed E-state index contributed by atoms with van der Waals surface area (Å²) in [6.45, 7) is 2.78. The lowest BCUT2D eigenvalue weighted by Gasteiger charge is -2.38.